The molecule has 0 amide bonds. The number of aryl methyl sites for hydroxylation is 1. The molecule has 0 aliphatic rings. The van der Waals surface area contributed by atoms with Crippen molar-refractivity contribution < 1.29 is 0 Å². The first-order chi connectivity index (χ1) is 5.29. The van der Waals surface area contributed by atoms with Gasteiger partial charge >= 0.3 is 0 Å². The van der Waals surface area contributed by atoms with Crippen molar-refractivity contribution in [2.75, 3.05) is 0 Å². The molecule has 0 aliphatic carbocycles. The van der Waals surface area contributed by atoms with Gasteiger partial charge in [-0.15, -0.1) is 0 Å². The molecule has 2 heterocycles. The predicted molar refractivity (Wildman–Crippen MR) is 45.4 cm³/mol. The van der Waals surface area contributed by atoms with E-state index in [2.05, 4.69) is 26.0 Å². The summed E-state index contributed by atoms with van der Waals surface area (Å²) in [6.45, 7) is 1.99. The SMILES string of the molecule is Cc1ccnc2c(Br)cnn12. The average molecular weight is 212 g/mol. The van der Waals surface area contributed by atoms with Gasteiger partial charge in [0.25, 0.3) is 0 Å². The molecule has 0 spiro atoms. The van der Waals surface area contributed by atoms with Crippen LogP contribution in [0, 0.1) is 6.92 Å². The molecule has 0 N–H and O–H groups in total. The van der Waals surface area contributed by atoms with E-state index in [1.165, 1.54) is 0 Å². The number of hydrogen-bond acceptors (Lipinski definition) is 2. The van der Waals surface area contributed by atoms with Gasteiger partial charge in [0.15, 0.2) is 5.65 Å². The number of halogens is 1. The average Bonchev–Trinajstić information content (AvgIpc) is 2.35. The van der Waals surface area contributed by atoms with E-state index in [4.69, 9.17) is 0 Å². The van der Waals surface area contributed by atoms with Crippen molar-refractivity contribution in [2.24, 2.45) is 0 Å². The number of nitrogens with zero attached hydrogens (tertiary/aromatic N) is 3. The van der Waals surface area contributed by atoms with Gasteiger partial charge in [-0.05, 0) is 28.9 Å². The molecule has 2 aromatic heterocycles. The smallest absolute Gasteiger partial charge is 0.169 e. The van der Waals surface area contributed by atoms with E-state index in [1.54, 1.807) is 16.9 Å². The first kappa shape index (κ1) is 6.79. The molecule has 0 aliphatic heterocycles. The van der Waals surface area contributed by atoms with Crippen molar-refractivity contribution in [3.05, 3.63) is 28.6 Å². The molecule has 11 heavy (non-hydrogen) atoms. The van der Waals surface area contributed by atoms with E-state index in [9.17, 15) is 0 Å². The van der Waals surface area contributed by atoms with Gasteiger partial charge in [0.2, 0.25) is 0 Å². The van der Waals surface area contributed by atoms with Crippen molar-refractivity contribution in [2.45, 2.75) is 6.92 Å². The third-order valence-electron chi connectivity index (χ3n) is 1.55. The van der Waals surface area contributed by atoms with Crippen LogP contribution >= 0.6 is 15.9 Å². The van der Waals surface area contributed by atoms with Crippen LogP contribution in [0.1, 0.15) is 5.69 Å². The van der Waals surface area contributed by atoms with E-state index in [0.29, 0.717) is 0 Å². The standard InChI is InChI=1S/C7H6BrN3/c1-5-2-3-9-7-6(8)4-10-11(5)7/h2-4H,1H3. The molecular weight excluding hydrogens is 206 g/mol. The summed E-state index contributed by atoms with van der Waals surface area (Å²) in [5, 5.41) is 4.13. The minimum Gasteiger partial charge on any atom is -0.236 e. The van der Waals surface area contributed by atoms with Crippen molar-refractivity contribution in [1.29, 1.82) is 0 Å². The van der Waals surface area contributed by atoms with Crippen LogP contribution in [0.3, 0.4) is 0 Å². The van der Waals surface area contributed by atoms with Crippen molar-refractivity contribution in [3.8, 4) is 0 Å². The minimum atomic E-state index is 0.866. The normalized spacial score (nSPS) is 10.7. The third kappa shape index (κ3) is 0.939. The van der Waals surface area contributed by atoms with E-state index in [0.717, 1.165) is 15.8 Å². The summed E-state index contributed by atoms with van der Waals surface area (Å²) in [6.07, 6.45) is 3.52. The van der Waals surface area contributed by atoms with Gasteiger partial charge in [-0.25, -0.2) is 9.50 Å². The number of aromatic nitrogens is 3. The van der Waals surface area contributed by atoms with Crippen LogP contribution in [0.4, 0.5) is 0 Å². The summed E-state index contributed by atoms with van der Waals surface area (Å²) in [4.78, 5) is 4.16. The third-order valence-corrected chi connectivity index (χ3v) is 2.11. The highest BCUT2D eigenvalue weighted by Crippen LogP contribution is 2.15. The molecule has 0 aromatic carbocycles. The molecule has 0 radical (unpaired) electrons. The summed E-state index contributed by atoms with van der Waals surface area (Å²) in [5.41, 5.74) is 1.95. The lowest BCUT2D eigenvalue weighted by Crippen LogP contribution is -1.93. The second-order valence-electron chi connectivity index (χ2n) is 2.31. The second kappa shape index (κ2) is 2.30. The predicted octanol–water partition coefficient (Wildman–Crippen LogP) is 1.80. The first-order valence-corrected chi connectivity index (χ1v) is 4.03. The van der Waals surface area contributed by atoms with Crippen LogP contribution in [0.5, 0.6) is 0 Å². The Morgan fingerprint density at radius 2 is 2.36 bits per heavy atom. The maximum absolute atomic E-state index is 4.16. The van der Waals surface area contributed by atoms with Crippen LogP contribution < -0.4 is 0 Å². The molecular formula is C7H6BrN3. The molecule has 0 unspecified atom stereocenters. The Bertz CT molecular complexity index is 393. The van der Waals surface area contributed by atoms with E-state index in [1.807, 2.05) is 13.0 Å². The van der Waals surface area contributed by atoms with E-state index < -0.39 is 0 Å². The maximum atomic E-state index is 4.16. The Morgan fingerprint density at radius 3 is 3.09 bits per heavy atom. The van der Waals surface area contributed by atoms with Crippen LogP contribution in [-0.4, -0.2) is 14.6 Å². The highest BCUT2D eigenvalue weighted by atomic mass is 79.9. The van der Waals surface area contributed by atoms with Crippen LogP contribution in [0.25, 0.3) is 5.65 Å². The molecule has 2 rings (SSSR count). The fraction of sp³-hybridized carbons (Fsp3) is 0.143. The highest BCUT2D eigenvalue weighted by Gasteiger charge is 2.01. The number of fused-ring (bicyclic) bond motifs is 1. The molecule has 0 atom stereocenters. The summed E-state index contributed by atoms with van der Waals surface area (Å²) < 4.78 is 2.73. The zero-order valence-electron chi connectivity index (χ0n) is 5.95. The quantitative estimate of drug-likeness (QED) is 0.666. The van der Waals surface area contributed by atoms with Crippen molar-refractivity contribution in [3.63, 3.8) is 0 Å². The lowest BCUT2D eigenvalue weighted by Gasteiger charge is -1.95. The summed E-state index contributed by atoms with van der Waals surface area (Å²) in [6, 6.07) is 1.92. The zero-order valence-corrected chi connectivity index (χ0v) is 7.54. The monoisotopic (exact) mass is 211 g/mol. The fourth-order valence-electron chi connectivity index (χ4n) is 0.983. The molecule has 3 nitrogen and oxygen atoms in total. The maximum Gasteiger partial charge on any atom is 0.169 e. The molecule has 0 fully saturated rings. The Kier molecular flexibility index (Phi) is 1.42. The summed E-state index contributed by atoms with van der Waals surface area (Å²) >= 11 is 3.36. The lowest BCUT2D eigenvalue weighted by molar-refractivity contribution is 0.895. The molecule has 0 saturated carbocycles. The summed E-state index contributed by atoms with van der Waals surface area (Å²) in [5.74, 6) is 0. The van der Waals surface area contributed by atoms with Crippen molar-refractivity contribution >= 4 is 21.6 Å². The zero-order chi connectivity index (χ0) is 7.84. The van der Waals surface area contributed by atoms with Gasteiger partial charge in [-0.1, -0.05) is 0 Å². The van der Waals surface area contributed by atoms with Gasteiger partial charge in [0.05, 0.1) is 10.7 Å². The minimum absolute atomic E-state index is 0.866. The van der Waals surface area contributed by atoms with Crippen molar-refractivity contribution in [1.82, 2.24) is 14.6 Å². The molecule has 0 saturated heterocycles. The topological polar surface area (TPSA) is 30.2 Å². The van der Waals surface area contributed by atoms with Crippen LogP contribution in [0.15, 0.2) is 22.9 Å². The number of rotatable bonds is 0. The van der Waals surface area contributed by atoms with E-state index in [-0.39, 0.29) is 0 Å². The Hall–Kier alpha value is -0.900. The molecule has 4 heteroatoms. The van der Waals surface area contributed by atoms with Crippen LogP contribution in [0.2, 0.25) is 0 Å². The molecule has 0 bridgehead atoms. The Balaban J connectivity index is 2.94. The van der Waals surface area contributed by atoms with E-state index >= 15 is 0 Å². The van der Waals surface area contributed by atoms with Gasteiger partial charge in [0.1, 0.15) is 0 Å². The highest BCUT2D eigenvalue weighted by molar-refractivity contribution is 9.10. The lowest BCUT2D eigenvalue weighted by atomic mass is 10.4. The molecule has 2 aromatic rings. The number of hydrogen-bond donors (Lipinski definition) is 0. The van der Waals surface area contributed by atoms with Gasteiger partial charge in [-0.3, -0.25) is 0 Å². The van der Waals surface area contributed by atoms with Gasteiger partial charge in [0, 0.05) is 11.9 Å². The largest absolute Gasteiger partial charge is 0.236 e. The molecule has 56 valence electrons. The Labute approximate surface area is 72.2 Å². The second-order valence-corrected chi connectivity index (χ2v) is 3.17. The van der Waals surface area contributed by atoms with Gasteiger partial charge < -0.3 is 0 Å². The van der Waals surface area contributed by atoms with Gasteiger partial charge in [-0.2, -0.15) is 5.10 Å². The summed E-state index contributed by atoms with van der Waals surface area (Å²) in [7, 11) is 0. The first-order valence-electron chi connectivity index (χ1n) is 3.24. The fourth-order valence-corrected chi connectivity index (χ4v) is 1.34. The Morgan fingerprint density at radius 1 is 1.55 bits per heavy atom. The van der Waals surface area contributed by atoms with Crippen LogP contribution in [-0.2, 0) is 0 Å².